The van der Waals surface area contributed by atoms with Crippen molar-refractivity contribution in [2.45, 2.75) is 13.1 Å². The van der Waals surface area contributed by atoms with Gasteiger partial charge in [-0.3, -0.25) is 9.69 Å². The molecule has 0 atom stereocenters. The lowest BCUT2D eigenvalue weighted by Gasteiger charge is -2.33. The van der Waals surface area contributed by atoms with E-state index < -0.39 is 5.56 Å². The molecule has 2 heterocycles. The van der Waals surface area contributed by atoms with Crippen molar-refractivity contribution in [2.24, 2.45) is 0 Å². The predicted molar refractivity (Wildman–Crippen MR) is 110 cm³/mol. The minimum absolute atomic E-state index is 0.256. The van der Waals surface area contributed by atoms with Crippen molar-refractivity contribution >= 4 is 6.09 Å². The summed E-state index contributed by atoms with van der Waals surface area (Å²) in [6, 6.07) is 7.18. The summed E-state index contributed by atoms with van der Waals surface area (Å²) in [5, 5.41) is 10.5. The van der Waals surface area contributed by atoms with Gasteiger partial charge >= 0.3 is 6.09 Å². The summed E-state index contributed by atoms with van der Waals surface area (Å²) in [5.41, 5.74) is 0.964. The van der Waals surface area contributed by atoms with Crippen molar-refractivity contribution in [3.8, 4) is 17.2 Å². The fraction of sp³-hybridized carbons (Fsp3) is 0.429. The van der Waals surface area contributed by atoms with Crippen LogP contribution in [0.2, 0.25) is 0 Å². The minimum Gasteiger partial charge on any atom is -0.503 e. The van der Waals surface area contributed by atoms with E-state index in [-0.39, 0.29) is 11.8 Å². The molecule has 0 radical (unpaired) electrons. The lowest BCUT2D eigenvalue weighted by molar-refractivity contribution is 0.0885. The second kappa shape index (κ2) is 9.53. The van der Waals surface area contributed by atoms with Crippen molar-refractivity contribution in [1.82, 2.24) is 14.4 Å². The summed E-state index contributed by atoms with van der Waals surface area (Å²) in [7, 11) is 4.48. The molecular formula is C21H27N3O6. The van der Waals surface area contributed by atoms with Gasteiger partial charge in [-0.05, 0) is 23.8 Å². The van der Waals surface area contributed by atoms with Crippen LogP contribution in [0.5, 0.6) is 17.2 Å². The van der Waals surface area contributed by atoms with Crippen LogP contribution in [0, 0.1) is 0 Å². The first-order valence-electron chi connectivity index (χ1n) is 9.64. The van der Waals surface area contributed by atoms with Crippen LogP contribution in [0.4, 0.5) is 4.79 Å². The number of carbonyl (C=O) groups excluding carboxylic acids is 1. The topological polar surface area (TPSA) is 93.5 Å². The third kappa shape index (κ3) is 4.68. The van der Waals surface area contributed by atoms with Gasteiger partial charge in [0, 0.05) is 44.5 Å². The molecule has 0 aliphatic carbocycles. The number of aromatic hydroxyl groups is 1. The van der Waals surface area contributed by atoms with E-state index in [4.69, 9.17) is 14.2 Å². The molecule has 1 aromatic heterocycles. The summed E-state index contributed by atoms with van der Waals surface area (Å²) in [5.74, 6) is 0.933. The zero-order valence-electron chi connectivity index (χ0n) is 17.5. The highest BCUT2D eigenvalue weighted by molar-refractivity contribution is 5.67. The predicted octanol–water partition coefficient (Wildman–Crippen LogP) is 1.50. The highest BCUT2D eigenvalue weighted by Crippen LogP contribution is 2.27. The van der Waals surface area contributed by atoms with Crippen molar-refractivity contribution in [3.05, 3.63) is 51.9 Å². The molecule has 30 heavy (non-hydrogen) atoms. The Bertz CT molecular complexity index is 950. The summed E-state index contributed by atoms with van der Waals surface area (Å²) in [4.78, 5) is 28.0. The van der Waals surface area contributed by atoms with Gasteiger partial charge in [0.25, 0.3) is 5.56 Å². The SMILES string of the molecule is COC(=O)N1CCN(Cc2ccn(Cc3ccc(OC)c(OC)c3)c(=O)c2O)CC1. The third-order valence-electron chi connectivity index (χ3n) is 5.22. The van der Waals surface area contributed by atoms with Crippen molar-refractivity contribution < 1.29 is 24.1 Å². The molecule has 0 unspecified atom stereocenters. The van der Waals surface area contributed by atoms with Gasteiger partial charge in [0.2, 0.25) is 0 Å². The number of nitrogens with zero attached hydrogens (tertiary/aromatic N) is 3. The molecular weight excluding hydrogens is 390 g/mol. The monoisotopic (exact) mass is 417 g/mol. The number of methoxy groups -OCH3 is 3. The van der Waals surface area contributed by atoms with Crippen LogP contribution in [0.1, 0.15) is 11.1 Å². The molecule has 1 aromatic carbocycles. The van der Waals surface area contributed by atoms with E-state index >= 15 is 0 Å². The van der Waals surface area contributed by atoms with E-state index in [1.165, 1.54) is 11.7 Å². The number of benzene rings is 1. The van der Waals surface area contributed by atoms with Crippen molar-refractivity contribution in [1.29, 1.82) is 0 Å². The maximum absolute atomic E-state index is 12.7. The van der Waals surface area contributed by atoms with Crippen LogP contribution in [0.25, 0.3) is 0 Å². The Kier molecular flexibility index (Phi) is 6.83. The van der Waals surface area contributed by atoms with E-state index in [0.29, 0.717) is 56.3 Å². The first-order valence-corrected chi connectivity index (χ1v) is 9.64. The Hall–Kier alpha value is -3.20. The zero-order valence-corrected chi connectivity index (χ0v) is 17.5. The second-order valence-electron chi connectivity index (χ2n) is 7.05. The molecule has 1 fully saturated rings. The maximum atomic E-state index is 12.7. The quantitative estimate of drug-likeness (QED) is 0.761. The zero-order chi connectivity index (χ0) is 21.7. The largest absolute Gasteiger partial charge is 0.503 e. The molecule has 1 aliphatic rings. The van der Waals surface area contributed by atoms with Gasteiger partial charge in [-0.2, -0.15) is 0 Å². The molecule has 0 spiro atoms. The maximum Gasteiger partial charge on any atom is 0.409 e. The lowest BCUT2D eigenvalue weighted by atomic mass is 10.1. The highest BCUT2D eigenvalue weighted by Gasteiger charge is 2.22. The van der Waals surface area contributed by atoms with Crippen LogP contribution >= 0.6 is 0 Å². The fourth-order valence-electron chi connectivity index (χ4n) is 3.49. The molecule has 1 saturated heterocycles. The van der Waals surface area contributed by atoms with Crippen LogP contribution in [-0.2, 0) is 17.8 Å². The van der Waals surface area contributed by atoms with Crippen molar-refractivity contribution in [2.75, 3.05) is 47.5 Å². The smallest absolute Gasteiger partial charge is 0.409 e. The van der Waals surface area contributed by atoms with Gasteiger partial charge in [-0.1, -0.05) is 6.07 Å². The van der Waals surface area contributed by atoms with E-state index in [0.717, 1.165) is 5.56 Å². The van der Waals surface area contributed by atoms with Crippen LogP contribution < -0.4 is 15.0 Å². The highest BCUT2D eigenvalue weighted by atomic mass is 16.5. The van der Waals surface area contributed by atoms with E-state index in [9.17, 15) is 14.7 Å². The molecule has 9 heteroatoms. The average Bonchev–Trinajstić information content (AvgIpc) is 2.78. The number of rotatable bonds is 6. The first kappa shape index (κ1) is 21.5. The van der Waals surface area contributed by atoms with E-state index in [1.807, 2.05) is 6.07 Å². The first-order chi connectivity index (χ1) is 14.5. The number of piperazine rings is 1. The standard InChI is InChI=1S/C21H27N3O6/c1-28-17-5-4-15(12-18(17)29-2)13-24-7-6-16(19(25)20(24)26)14-22-8-10-23(11-9-22)21(27)30-3/h4-7,12,25H,8-11,13-14H2,1-3H3. The molecule has 2 aromatic rings. The van der Waals surface area contributed by atoms with Gasteiger partial charge in [-0.15, -0.1) is 0 Å². The average molecular weight is 417 g/mol. The van der Waals surface area contributed by atoms with E-state index in [1.54, 1.807) is 43.5 Å². The van der Waals surface area contributed by atoms with Crippen LogP contribution in [0.15, 0.2) is 35.3 Å². The van der Waals surface area contributed by atoms with Gasteiger partial charge < -0.3 is 28.8 Å². The summed E-state index contributed by atoms with van der Waals surface area (Å²) < 4.78 is 16.7. The molecule has 1 amide bonds. The summed E-state index contributed by atoms with van der Waals surface area (Å²) in [6.07, 6.45) is 1.34. The normalized spacial score (nSPS) is 14.4. The third-order valence-corrected chi connectivity index (χ3v) is 5.22. The van der Waals surface area contributed by atoms with Gasteiger partial charge in [-0.25, -0.2) is 4.79 Å². The fourth-order valence-corrected chi connectivity index (χ4v) is 3.49. The Morgan fingerprint density at radius 3 is 2.33 bits per heavy atom. The Labute approximate surface area is 175 Å². The van der Waals surface area contributed by atoms with Gasteiger partial charge in [0.15, 0.2) is 17.2 Å². The number of amides is 1. The lowest BCUT2D eigenvalue weighted by Crippen LogP contribution is -2.48. The molecule has 0 saturated carbocycles. The number of hydrogen-bond acceptors (Lipinski definition) is 7. The molecule has 1 aliphatic heterocycles. The van der Waals surface area contributed by atoms with Crippen LogP contribution in [-0.4, -0.2) is 73.1 Å². The number of aromatic nitrogens is 1. The number of pyridine rings is 1. The van der Waals surface area contributed by atoms with Crippen LogP contribution in [0.3, 0.4) is 0 Å². The molecule has 1 N–H and O–H groups in total. The van der Waals surface area contributed by atoms with Gasteiger partial charge in [0.1, 0.15) is 0 Å². The van der Waals surface area contributed by atoms with Crippen molar-refractivity contribution in [3.63, 3.8) is 0 Å². The number of ether oxygens (including phenoxy) is 3. The minimum atomic E-state index is -0.449. The second-order valence-corrected chi connectivity index (χ2v) is 7.05. The number of carbonyl (C=O) groups is 1. The molecule has 3 rings (SSSR count). The van der Waals surface area contributed by atoms with Gasteiger partial charge in [0.05, 0.1) is 27.9 Å². The Balaban J connectivity index is 1.69. The summed E-state index contributed by atoms with van der Waals surface area (Å²) in [6.45, 7) is 3.11. The number of hydrogen-bond donors (Lipinski definition) is 1. The van der Waals surface area contributed by atoms with E-state index in [2.05, 4.69) is 4.90 Å². The Morgan fingerprint density at radius 2 is 1.70 bits per heavy atom. The molecule has 0 bridgehead atoms. The summed E-state index contributed by atoms with van der Waals surface area (Å²) >= 11 is 0. The molecule has 9 nitrogen and oxygen atoms in total. The Morgan fingerprint density at radius 1 is 1.00 bits per heavy atom. The molecule has 162 valence electrons.